The summed E-state index contributed by atoms with van der Waals surface area (Å²) in [6.45, 7) is 1.30. The van der Waals surface area contributed by atoms with Crippen LogP contribution in [0.1, 0.15) is 23.4 Å². The highest BCUT2D eigenvalue weighted by Crippen LogP contribution is 2.19. The summed E-state index contributed by atoms with van der Waals surface area (Å²) in [5, 5.41) is 12.7. The van der Waals surface area contributed by atoms with Gasteiger partial charge in [-0.25, -0.2) is 0 Å². The smallest absolute Gasteiger partial charge is 0.287 e. The monoisotopic (exact) mass is 225 g/mol. The molecule has 1 aromatic rings. The highest BCUT2D eigenvalue weighted by atomic mass is 16.5. The molecule has 1 aliphatic heterocycles. The van der Waals surface area contributed by atoms with Gasteiger partial charge < -0.3 is 19.6 Å². The van der Waals surface area contributed by atoms with E-state index in [-0.39, 0.29) is 18.2 Å². The fraction of sp³-hybridized carbons (Fsp3) is 0.545. The Labute approximate surface area is 93.4 Å². The fourth-order valence-corrected chi connectivity index (χ4v) is 1.67. The minimum atomic E-state index is -0.847. The van der Waals surface area contributed by atoms with Crippen LogP contribution in [0.3, 0.4) is 0 Å². The number of nitrogens with one attached hydrogen (secondary N) is 1. The molecule has 1 saturated heterocycles. The standard InChI is InChI=1S/C11H15NO4/c13-10(9-2-1-5-16-9)12-8-11(14)3-6-15-7-4-11/h1-2,5,14H,3-4,6-8H2,(H,12,13). The van der Waals surface area contributed by atoms with Crippen molar-refractivity contribution < 1.29 is 19.1 Å². The van der Waals surface area contributed by atoms with Gasteiger partial charge in [0, 0.05) is 32.6 Å². The second-order valence-electron chi connectivity index (χ2n) is 4.00. The summed E-state index contributed by atoms with van der Waals surface area (Å²) in [6, 6.07) is 3.24. The topological polar surface area (TPSA) is 71.7 Å². The van der Waals surface area contributed by atoms with Crippen LogP contribution in [0.2, 0.25) is 0 Å². The van der Waals surface area contributed by atoms with Gasteiger partial charge in [0.05, 0.1) is 11.9 Å². The van der Waals surface area contributed by atoms with Gasteiger partial charge in [0.25, 0.3) is 5.91 Å². The predicted molar refractivity (Wildman–Crippen MR) is 56.0 cm³/mol. The molecule has 0 spiro atoms. The molecule has 0 bridgehead atoms. The summed E-state index contributed by atoms with van der Waals surface area (Å²) in [7, 11) is 0. The molecule has 0 aliphatic carbocycles. The second kappa shape index (κ2) is 4.67. The van der Waals surface area contributed by atoms with Gasteiger partial charge in [0.15, 0.2) is 5.76 Å². The van der Waals surface area contributed by atoms with Crippen molar-refractivity contribution in [2.75, 3.05) is 19.8 Å². The molecule has 1 aromatic heterocycles. The highest BCUT2D eigenvalue weighted by molar-refractivity contribution is 5.91. The number of ether oxygens (including phenoxy) is 1. The minimum absolute atomic E-state index is 0.232. The lowest BCUT2D eigenvalue weighted by Gasteiger charge is -2.31. The molecule has 16 heavy (non-hydrogen) atoms. The van der Waals surface area contributed by atoms with Crippen LogP contribution in [0.5, 0.6) is 0 Å². The Kier molecular flexibility index (Phi) is 3.26. The van der Waals surface area contributed by atoms with Gasteiger partial charge in [0.1, 0.15) is 0 Å². The van der Waals surface area contributed by atoms with Crippen molar-refractivity contribution in [1.82, 2.24) is 5.32 Å². The molecule has 2 N–H and O–H groups in total. The zero-order valence-electron chi connectivity index (χ0n) is 8.94. The van der Waals surface area contributed by atoms with Crippen LogP contribution in [0.25, 0.3) is 0 Å². The van der Waals surface area contributed by atoms with E-state index in [1.54, 1.807) is 12.1 Å². The van der Waals surface area contributed by atoms with Crippen LogP contribution in [-0.2, 0) is 4.74 Å². The summed E-state index contributed by atoms with van der Waals surface area (Å²) in [6.07, 6.45) is 2.54. The molecular weight excluding hydrogens is 210 g/mol. The third kappa shape index (κ3) is 2.62. The average molecular weight is 225 g/mol. The highest BCUT2D eigenvalue weighted by Gasteiger charge is 2.30. The molecule has 0 aromatic carbocycles. The molecule has 1 aliphatic rings. The van der Waals surface area contributed by atoms with Gasteiger partial charge in [-0.2, -0.15) is 0 Å². The van der Waals surface area contributed by atoms with Crippen molar-refractivity contribution in [3.63, 3.8) is 0 Å². The summed E-state index contributed by atoms with van der Waals surface area (Å²) in [4.78, 5) is 11.5. The molecule has 5 heteroatoms. The van der Waals surface area contributed by atoms with Crippen molar-refractivity contribution >= 4 is 5.91 Å². The van der Waals surface area contributed by atoms with E-state index in [0.29, 0.717) is 26.1 Å². The van der Waals surface area contributed by atoms with E-state index >= 15 is 0 Å². The number of aliphatic hydroxyl groups is 1. The number of amides is 1. The molecule has 1 fully saturated rings. The first kappa shape index (κ1) is 11.2. The Morgan fingerprint density at radius 1 is 1.50 bits per heavy atom. The van der Waals surface area contributed by atoms with Gasteiger partial charge in [0.2, 0.25) is 0 Å². The van der Waals surface area contributed by atoms with Gasteiger partial charge >= 0.3 is 0 Å². The molecule has 0 atom stereocenters. The van der Waals surface area contributed by atoms with Crippen LogP contribution in [0.15, 0.2) is 22.8 Å². The molecular formula is C11H15NO4. The molecule has 88 valence electrons. The van der Waals surface area contributed by atoms with Crippen molar-refractivity contribution in [1.29, 1.82) is 0 Å². The van der Waals surface area contributed by atoms with Gasteiger partial charge in [-0.15, -0.1) is 0 Å². The number of rotatable bonds is 3. The molecule has 5 nitrogen and oxygen atoms in total. The Hall–Kier alpha value is -1.33. The Balaban J connectivity index is 1.84. The average Bonchev–Trinajstić information content (AvgIpc) is 2.80. The van der Waals surface area contributed by atoms with Crippen LogP contribution >= 0.6 is 0 Å². The maximum absolute atomic E-state index is 11.5. The van der Waals surface area contributed by atoms with E-state index in [9.17, 15) is 9.90 Å². The van der Waals surface area contributed by atoms with E-state index in [1.807, 2.05) is 0 Å². The summed E-state index contributed by atoms with van der Waals surface area (Å²) in [5.74, 6) is -0.0411. The molecule has 0 unspecified atom stereocenters. The lowest BCUT2D eigenvalue weighted by Crippen LogP contribution is -2.46. The first-order valence-corrected chi connectivity index (χ1v) is 5.31. The van der Waals surface area contributed by atoms with Crippen molar-refractivity contribution in [2.24, 2.45) is 0 Å². The third-order valence-electron chi connectivity index (χ3n) is 2.75. The maximum atomic E-state index is 11.5. The fourth-order valence-electron chi connectivity index (χ4n) is 1.67. The Morgan fingerprint density at radius 2 is 2.25 bits per heavy atom. The lowest BCUT2D eigenvalue weighted by molar-refractivity contribution is -0.0605. The molecule has 0 saturated carbocycles. The molecule has 1 amide bonds. The van der Waals surface area contributed by atoms with Crippen LogP contribution in [-0.4, -0.2) is 36.4 Å². The Bertz CT molecular complexity index is 341. The number of carbonyl (C=O) groups is 1. The van der Waals surface area contributed by atoms with E-state index in [1.165, 1.54) is 6.26 Å². The normalized spacial score (nSPS) is 19.3. The maximum Gasteiger partial charge on any atom is 0.287 e. The zero-order valence-corrected chi connectivity index (χ0v) is 8.94. The summed E-state index contributed by atoms with van der Waals surface area (Å²) < 4.78 is 10.1. The van der Waals surface area contributed by atoms with Crippen LogP contribution in [0, 0.1) is 0 Å². The number of hydrogen-bond acceptors (Lipinski definition) is 4. The predicted octanol–water partition coefficient (Wildman–Crippen LogP) is 0.551. The second-order valence-corrected chi connectivity index (χ2v) is 4.00. The van der Waals surface area contributed by atoms with Gasteiger partial charge in [-0.3, -0.25) is 4.79 Å². The molecule has 2 rings (SSSR count). The van der Waals surface area contributed by atoms with Crippen molar-refractivity contribution in [3.8, 4) is 0 Å². The minimum Gasteiger partial charge on any atom is -0.459 e. The van der Waals surface area contributed by atoms with Gasteiger partial charge in [-0.05, 0) is 12.1 Å². The van der Waals surface area contributed by atoms with Crippen LogP contribution in [0.4, 0.5) is 0 Å². The largest absolute Gasteiger partial charge is 0.459 e. The number of furan rings is 1. The van der Waals surface area contributed by atoms with Crippen LogP contribution < -0.4 is 5.32 Å². The first-order valence-electron chi connectivity index (χ1n) is 5.31. The number of carbonyl (C=O) groups excluding carboxylic acids is 1. The summed E-state index contributed by atoms with van der Waals surface area (Å²) in [5.41, 5.74) is -0.847. The van der Waals surface area contributed by atoms with Crippen molar-refractivity contribution in [3.05, 3.63) is 24.2 Å². The molecule has 0 radical (unpaired) electrons. The van der Waals surface area contributed by atoms with E-state index in [0.717, 1.165) is 0 Å². The molecule has 2 heterocycles. The first-order chi connectivity index (χ1) is 7.70. The van der Waals surface area contributed by atoms with Crippen molar-refractivity contribution in [2.45, 2.75) is 18.4 Å². The third-order valence-corrected chi connectivity index (χ3v) is 2.75. The van der Waals surface area contributed by atoms with E-state index < -0.39 is 5.60 Å². The summed E-state index contributed by atoms with van der Waals surface area (Å²) >= 11 is 0. The SMILES string of the molecule is O=C(NCC1(O)CCOCC1)c1ccco1. The number of hydrogen-bond donors (Lipinski definition) is 2. The lowest BCUT2D eigenvalue weighted by atomic mass is 9.94. The Morgan fingerprint density at radius 3 is 2.88 bits per heavy atom. The van der Waals surface area contributed by atoms with E-state index in [4.69, 9.17) is 9.15 Å². The zero-order chi connectivity index (χ0) is 11.4. The van der Waals surface area contributed by atoms with E-state index in [2.05, 4.69) is 5.32 Å². The van der Waals surface area contributed by atoms with Gasteiger partial charge in [-0.1, -0.05) is 0 Å². The quantitative estimate of drug-likeness (QED) is 0.788.